The first-order chi connectivity index (χ1) is 7.24. The van der Waals surface area contributed by atoms with E-state index in [2.05, 4.69) is 25.6 Å². The number of methoxy groups -OCH3 is 1. The Morgan fingerprint density at radius 3 is 3.07 bits per heavy atom. The Bertz CT molecular complexity index is 296. The molecule has 15 heavy (non-hydrogen) atoms. The van der Waals surface area contributed by atoms with Crippen molar-refractivity contribution in [2.24, 2.45) is 10.7 Å². The number of rotatable bonds is 5. The molecule has 1 rings (SSSR count). The summed E-state index contributed by atoms with van der Waals surface area (Å²) in [5, 5.41) is 13.3. The molecular weight excluding hydrogens is 198 g/mol. The van der Waals surface area contributed by atoms with E-state index in [4.69, 9.17) is 10.5 Å². The van der Waals surface area contributed by atoms with Crippen LogP contribution in [0.25, 0.3) is 0 Å². The van der Waals surface area contributed by atoms with Gasteiger partial charge in [-0.3, -0.25) is 0 Å². The molecule has 84 valence electrons. The number of ether oxygens (including phenoxy) is 1. The summed E-state index contributed by atoms with van der Waals surface area (Å²) in [4.78, 5) is 5.89. The van der Waals surface area contributed by atoms with Crippen molar-refractivity contribution < 1.29 is 4.74 Å². The van der Waals surface area contributed by atoms with E-state index < -0.39 is 0 Å². The first-order valence-electron chi connectivity index (χ1n) is 4.46. The molecule has 1 heterocycles. The Morgan fingerprint density at radius 2 is 2.47 bits per heavy atom. The number of tetrazole rings is 1. The molecule has 8 nitrogen and oxygen atoms in total. The van der Waals surface area contributed by atoms with Crippen molar-refractivity contribution in [3.8, 4) is 0 Å². The minimum Gasteiger partial charge on any atom is -0.383 e. The molecule has 0 aliphatic carbocycles. The van der Waals surface area contributed by atoms with Gasteiger partial charge in [0.15, 0.2) is 11.8 Å². The fraction of sp³-hybridized carbons (Fsp3) is 0.714. The van der Waals surface area contributed by atoms with Gasteiger partial charge in [0.2, 0.25) is 0 Å². The highest BCUT2D eigenvalue weighted by atomic mass is 16.5. The lowest BCUT2D eigenvalue weighted by Crippen LogP contribution is -2.36. The Morgan fingerprint density at radius 1 is 1.67 bits per heavy atom. The first-order valence-corrected chi connectivity index (χ1v) is 4.46. The third-order valence-electron chi connectivity index (χ3n) is 1.79. The third-order valence-corrected chi connectivity index (χ3v) is 1.79. The zero-order valence-corrected chi connectivity index (χ0v) is 8.84. The number of nitrogens with two attached hydrogens (primary N) is 1. The maximum Gasteiger partial charge on any atom is 0.196 e. The number of guanidine groups is 1. The van der Waals surface area contributed by atoms with Crippen LogP contribution in [0.2, 0.25) is 0 Å². The van der Waals surface area contributed by atoms with E-state index in [1.165, 1.54) is 0 Å². The van der Waals surface area contributed by atoms with Crippen molar-refractivity contribution in [2.75, 3.05) is 27.3 Å². The lowest BCUT2D eigenvalue weighted by atomic mass is 10.6. The van der Waals surface area contributed by atoms with E-state index in [0.29, 0.717) is 31.5 Å². The van der Waals surface area contributed by atoms with Gasteiger partial charge in [0.05, 0.1) is 6.61 Å². The van der Waals surface area contributed by atoms with Gasteiger partial charge in [-0.05, 0) is 0 Å². The number of aromatic amines is 1. The van der Waals surface area contributed by atoms with Crippen molar-refractivity contribution in [2.45, 2.75) is 6.54 Å². The van der Waals surface area contributed by atoms with E-state index in [1.54, 1.807) is 12.0 Å². The molecule has 0 radical (unpaired) electrons. The molecule has 0 aliphatic heterocycles. The van der Waals surface area contributed by atoms with Crippen molar-refractivity contribution in [1.82, 2.24) is 25.5 Å². The summed E-state index contributed by atoms with van der Waals surface area (Å²) in [7, 11) is 3.48. The average Bonchev–Trinajstić information content (AvgIpc) is 2.75. The molecule has 0 saturated heterocycles. The van der Waals surface area contributed by atoms with Crippen LogP contribution in [-0.4, -0.2) is 58.8 Å². The van der Waals surface area contributed by atoms with Crippen LogP contribution in [0, 0.1) is 0 Å². The zero-order chi connectivity index (χ0) is 11.1. The van der Waals surface area contributed by atoms with E-state index in [1.807, 2.05) is 7.05 Å². The largest absolute Gasteiger partial charge is 0.383 e. The maximum atomic E-state index is 5.71. The molecule has 1 aromatic heterocycles. The molecule has 1 aromatic rings. The molecule has 0 fully saturated rings. The molecule has 0 aromatic carbocycles. The van der Waals surface area contributed by atoms with Gasteiger partial charge in [-0.2, -0.15) is 5.21 Å². The minimum atomic E-state index is 0.319. The Balaban J connectivity index is 2.38. The zero-order valence-electron chi connectivity index (χ0n) is 8.84. The van der Waals surface area contributed by atoms with Crippen molar-refractivity contribution >= 4 is 5.96 Å². The molecule has 3 N–H and O–H groups in total. The number of hydrogen-bond acceptors (Lipinski definition) is 5. The topological polar surface area (TPSA) is 105 Å². The van der Waals surface area contributed by atoms with Crippen LogP contribution < -0.4 is 5.73 Å². The molecule has 0 saturated carbocycles. The fourth-order valence-electron chi connectivity index (χ4n) is 0.865. The smallest absolute Gasteiger partial charge is 0.196 e. The highest BCUT2D eigenvalue weighted by molar-refractivity contribution is 5.77. The van der Waals surface area contributed by atoms with Crippen LogP contribution >= 0.6 is 0 Å². The molecule has 0 aliphatic rings. The monoisotopic (exact) mass is 213 g/mol. The molecule has 0 amide bonds. The van der Waals surface area contributed by atoms with Gasteiger partial charge in [0, 0.05) is 20.7 Å². The standard InChI is InChI=1S/C7H15N7O/c1-14(3-4-15-2)7(8)9-5-6-10-12-13-11-6/h3-5H2,1-2H3,(H2,8,9)(H,10,11,12,13). The Hall–Kier alpha value is -1.70. The lowest BCUT2D eigenvalue weighted by molar-refractivity contribution is 0.182. The van der Waals surface area contributed by atoms with Crippen LogP contribution in [0.15, 0.2) is 4.99 Å². The van der Waals surface area contributed by atoms with Crippen LogP contribution in [0.4, 0.5) is 0 Å². The number of likely N-dealkylation sites (N-methyl/N-ethyl adjacent to an activating group) is 1. The predicted molar refractivity (Wildman–Crippen MR) is 54.0 cm³/mol. The van der Waals surface area contributed by atoms with Gasteiger partial charge < -0.3 is 15.4 Å². The van der Waals surface area contributed by atoms with Gasteiger partial charge in [0.1, 0.15) is 6.54 Å². The van der Waals surface area contributed by atoms with Gasteiger partial charge in [-0.25, -0.2) is 4.99 Å². The fourth-order valence-corrected chi connectivity index (χ4v) is 0.865. The molecule has 0 atom stereocenters. The quantitative estimate of drug-likeness (QED) is 0.460. The number of nitrogens with one attached hydrogen (secondary N) is 1. The Kier molecular flexibility index (Phi) is 4.48. The van der Waals surface area contributed by atoms with Crippen LogP contribution in [0.1, 0.15) is 5.82 Å². The Labute approximate surface area is 87.5 Å². The average molecular weight is 213 g/mol. The lowest BCUT2D eigenvalue weighted by Gasteiger charge is -2.16. The van der Waals surface area contributed by atoms with Gasteiger partial charge in [0.25, 0.3) is 0 Å². The van der Waals surface area contributed by atoms with Crippen LogP contribution in [0.3, 0.4) is 0 Å². The van der Waals surface area contributed by atoms with Crippen molar-refractivity contribution in [3.05, 3.63) is 5.82 Å². The normalized spacial score (nSPS) is 11.7. The number of hydrogen-bond donors (Lipinski definition) is 2. The van der Waals surface area contributed by atoms with Crippen molar-refractivity contribution in [1.29, 1.82) is 0 Å². The minimum absolute atomic E-state index is 0.319. The van der Waals surface area contributed by atoms with Gasteiger partial charge in [-0.1, -0.05) is 5.21 Å². The molecule has 0 spiro atoms. The summed E-state index contributed by atoms with van der Waals surface area (Å²) in [5.74, 6) is 0.940. The second-order valence-electron chi connectivity index (χ2n) is 2.92. The summed E-state index contributed by atoms with van der Waals surface area (Å²) >= 11 is 0. The molecule has 8 heteroatoms. The summed E-state index contributed by atoms with van der Waals surface area (Å²) in [6.45, 7) is 1.62. The highest BCUT2D eigenvalue weighted by Gasteiger charge is 2.02. The van der Waals surface area contributed by atoms with E-state index >= 15 is 0 Å². The van der Waals surface area contributed by atoms with E-state index in [-0.39, 0.29) is 0 Å². The third kappa shape index (κ3) is 3.90. The highest BCUT2D eigenvalue weighted by Crippen LogP contribution is 1.89. The van der Waals surface area contributed by atoms with E-state index in [9.17, 15) is 0 Å². The van der Waals surface area contributed by atoms with Crippen LogP contribution in [-0.2, 0) is 11.3 Å². The number of H-pyrrole nitrogens is 1. The van der Waals surface area contributed by atoms with Gasteiger partial charge in [-0.15, -0.1) is 10.2 Å². The summed E-state index contributed by atoms with van der Waals surface area (Å²) in [6, 6.07) is 0. The summed E-state index contributed by atoms with van der Waals surface area (Å²) < 4.78 is 4.92. The first kappa shape index (κ1) is 11.4. The van der Waals surface area contributed by atoms with E-state index in [0.717, 1.165) is 0 Å². The summed E-state index contributed by atoms with van der Waals surface area (Å²) in [6.07, 6.45) is 0. The SMILES string of the molecule is COCCN(C)C(N)=NCc1nn[nH]n1. The maximum absolute atomic E-state index is 5.71. The number of nitrogens with zero attached hydrogens (tertiary/aromatic N) is 5. The molecule has 0 bridgehead atoms. The molecule has 0 unspecified atom stereocenters. The van der Waals surface area contributed by atoms with Crippen molar-refractivity contribution in [3.63, 3.8) is 0 Å². The van der Waals surface area contributed by atoms with Crippen LogP contribution in [0.5, 0.6) is 0 Å². The second-order valence-corrected chi connectivity index (χ2v) is 2.92. The molecular formula is C7H15N7O. The predicted octanol–water partition coefficient (Wildman–Crippen LogP) is -1.41. The van der Waals surface area contributed by atoms with Gasteiger partial charge >= 0.3 is 0 Å². The number of aromatic nitrogens is 4. The number of aliphatic imine (C=N–C) groups is 1. The summed E-state index contributed by atoms with van der Waals surface area (Å²) in [5.41, 5.74) is 5.71. The second kappa shape index (κ2) is 5.91.